The molecule has 4 heteroatoms. The van der Waals surface area contributed by atoms with Crippen molar-refractivity contribution < 1.29 is 0 Å². The molecule has 1 aromatic heterocycles. The van der Waals surface area contributed by atoms with E-state index in [1.807, 2.05) is 0 Å². The second-order valence-electron chi connectivity index (χ2n) is 5.88. The third-order valence-corrected chi connectivity index (χ3v) is 3.57. The Morgan fingerprint density at radius 3 is 2.53 bits per heavy atom. The molecule has 0 radical (unpaired) electrons. The molecular formula is C15H21N3S. The molecule has 3 nitrogen and oxygen atoms in total. The lowest BCUT2D eigenvalue weighted by Gasteiger charge is -2.22. The summed E-state index contributed by atoms with van der Waals surface area (Å²) in [7, 11) is 0. The summed E-state index contributed by atoms with van der Waals surface area (Å²) in [6.07, 6.45) is 1.89. The fourth-order valence-electron chi connectivity index (χ4n) is 2.33. The highest BCUT2D eigenvalue weighted by atomic mass is 32.1. The second-order valence-corrected chi connectivity index (χ2v) is 6.26. The van der Waals surface area contributed by atoms with Crippen molar-refractivity contribution in [2.75, 3.05) is 0 Å². The van der Waals surface area contributed by atoms with Crippen LogP contribution in [0, 0.1) is 11.7 Å². The Hall–Kier alpha value is -1.42. The van der Waals surface area contributed by atoms with E-state index < -0.39 is 0 Å². The van der Waals surface area contributed by atoms with Gasteiger partial charge in [-0.3, -0.25) is 9.67 Å². The van der Waals surface area contributed by atoms with Crippen molar-refractivity contribution in [3.8, 4) is 0 Å². The van der Waals surface area contributed by atoms with Gasteiger partial charge in [0.25, 0.3) is 0 Å². The molecular weight excluding hydrogens is 254 g/mol. The SMILES string of the molecule is Cc1ccccc1CCc1n[nH]c(=S)n1C(C)(C)C. The van der Waals surface area contributed by atoms with Gasteiger partial charge in [-0.1, -0.05) is 24.3 Å². The number of nitrogens with one attached hydrogen (secondary N) is 1. The Morgan fingerprint density at radius 2 is 1.89 bits per heavy atom. The lowest BCUT2D eigenvalue weighted by Crippen LogP contribution is -2.24. The van der Waals surface area contributed by atoms with E-state index >= 15 is 0 Å². The molecule has 1 aromatic carbocycles. The van der Waals surface area contributed by atoms with E-state index in [-0.39, 0.29) is 5.54 Å². The van der Waals surface area contributed by atoms with E-state index in [1.165, 1.54) is 11.1 Å². The molecule has 2 rings (SSSR count). The summed E-state index contributed by atoms with van der Waals surface area (Å²) in [5, 5.41) is 7.28. The first kappa shape index (κ1) is 14.0. The van der Waals surface area contributed by atoms with Crippen molar-refractivity contribution in [1.29, 1.82) is 0 Å². The maximum Gasteiger partial charge on any atom is 0.195 e. The molecule has 19 heavy (non-hydrogen) atoms. The van der Waals surface area contributed by atoms with Gasteiger partial charge >= 0.3 is 0 Å². The maximum atomic E-state index is 5.32. The van der Waals surface area contributed by atoms with Crippen LogP contribution in [0.25, 0.3) is 0 Å². The zero-order chi connectivity index (χ0) is 14.0. The molecule has 0 spiro atoms. The number of benzene rings is 1. The smallest absolute Gasteiger partial charge is 0.195 e. The predicted molar refractivity (Wildman–Crippen MR) is 81.0 cm³/mol. The van der Waals surface area contributed by atoms with Gasteiger partial charge in [-0.05, 0) is 57.5 Å². The molecule has 0 bridgehead atoms. The Bertz CT molecular complexity index is 617. The molecule has 102 valence electrons. The molecule has 0 aliphatic rings. The van der Waals surface area contributed by atoms with E-state index in [2.05, 4.69) is 66.7 Å². The van der Waals surface area contributed by atoms with Crippen LogP contribution in [0.15, 0.2) is 24.3 Å². The number of nitrogens with zero attached hydrogens (tertiary/aromatic N) is 2. The third kappa shape index (κ3) is 3.13. The van der Waals surface area contributed by atoms with Crippen LogP contribution in [-0.4, -0.2) is 14.8 Å². The average molecular weight is 275 g/mol. The number of aryl methyl sites for hydroxylation is 3. The molecule has 0 unspecified atom stereocenters. The van der Waals surface area contributed by atoms with Gasteiger partial charge in [-0.25, -0.2) is 0 Å². The summed E-state index contributed by atoms with van der Waals surface area (Å²) < 4.78 is 2.81. The number of hydrogen-bond acceptors (Lipinski definition) is 2. The minimum atomic E-state index is -0.0366. The third-order valence-electron chi connectivity index (χ3n) is 3.29. The predicted octanol–water partition coefficient (Wildman–Crippen LogP) is 3.79. The van der Waals surface area contributed by atoms with E-state index in [1.54, 1.807) is 0 Å². The lowest BCUT2D eigenvalue weighted by molar-refractivity contribution is 0.377. The topological polar surface area (TPSA) is 33.6 Å². The largest absolute Gasteiger partial charge is 0.299 e. The van der Waals surface area contributed by atoms with Crippen molar-refractivity contribution in [3.05, 3.63) is 46.0 Å². The number of H-pyrrole nitrogens is 1. The van der Waals surface area contributed by atoms with E-state index in [9.17, 15) is 0 Å². The molecule has 0 saturated heterocycles. The van der Waals surface area contributed by atoms with Gasteiger partial charge in [-0.15, -0.1) is 0 Å². The number of hydrogen-bond donors (Lipinski definition) is 1. The standard InChI is InChI=1S/C15H21N3S/c1-11-7-5-6-8-12(11)9-10-13-16-17-14(19)18(13)15(2,3)4/h5-8H,9-10H2,1-4H3,(H,17,19). The summed E-state index contributed by atoms with van der Waals surface area (Å²) in [4.78, 5) is 0. The van der Waals surface area contributed by atoms with Gasteiger partial charge in [0.05, 0.1) is 0 Å². The van der Waals surface area contributed by atoms with E-state index in [4.69, 9.17) is 12.2 Å². The van der Waals surface area contributed by atoms with Crippen LogP contribution in [0.4, 0.5) is 0 Å². The molecule has 1 N–H and O–H groups in total. The van der Waals surface area contributed by atoms with Crippen LogP contribution >= 0.6 is 12.2 Å². The van der Waals surface area contributed by atoms with Crippen molar-refractivity contribution >= 4 is 12.2 Å². The van der Waals surface area contributed by atoms with Gasteiger partial charge in [0.1, 0.15) is 5.82 Å². The lowest BCUT2D eigenvalue weighted by atomic mass is 10.0. The van der Waals surface area contributed by atoms with Crippen LogP contribution in [-0.2, 0) is 18.4 Å². The summed E-state index contributed by atoms with van der Waals surface area (Å²) in [5.74, 6) is 1.03. The van der Waals surface area contributed by atoms with Gasteiger partial charge in [0.2, 0.25) is 0 Å². The molecule has 2 aromatic rings. The van der Waals surface area contributed by atoms with Gasteiger partial charge in [0.15, 0.2) is 4.77 Å². The highest BCUT2D eigenvalue weighted by Crippen LogP contribution is 2.18. The normalized spacial score (nSPS) is 11.8. The molecule has 0 fully saturated rings. The second kappa shape index (κ2) is 5.29. The quantitative estimate of drug-likeness (QED) is 0.865. The van der Waals surface area contributed by atoms with Crippen LogP contribution in [0.2, 0.25) is 0 Å². The van der Waals surface area contributed by atoms with Crippen LogP contribution < -0.4 is 0 Å². The number of rotatable bonds is 3. The zero-order valence-corrected chi connectivity index (χ0v) is 12.8. The first-order chi connectivity index (χ1) is 8.89. The summed E-state index contributed by atoms with van der Waals surface area (Å²) in [5.41, 5.74) is 2.67. The Balaban J connectivity index is 2.22. The van der Waals surface area contributed by atoms with Crippen LogP contribution in [0.1, 0.15) is 37.7 Å². The molecule has 0 aliphatic carbocycles. The summed E-state index contributed by atoms with van der Waals surface area (Å²) in [6.45, 7) is 8.59. The average Bonchev–Trinajstić information content (AvgIpc) is 2.69. The fraction of sp³-hybridized carbons (Fsp3) is 0.467. The zero-order valence-electron chi connectivity index (χ0n) is 12.0. The minimum absolute atomic E-state index is 0.0366. The maximum absolute atomic E-state index is 5.32. The Kier molecular flexibility index (Phi) is 3.90. The van der Waals surface area contributed by atoms with Crippen molar-refractivity contribution in [1.82, 2.24) is 14.8 Å². The van der Waals surface area contributed by atoms with Crippen LogP contribution in [0.3, 0.4) is 0 Å². The molecule has 0 amide bonds. The van der Waals surface area contributed by atoms with Gasteiger partial charge < -0.3 is 0 Å². The Morgan fingerprint density at radius 1 is 1.21 bits per heavy atom. The Labute approximate surface area is 119 Å². The summed E-state index contributed by atoms with van der Waals surface area (Å²) in [6, 6.07) is 8.49. The fourth-order valence-corrected chi connectivity index (χ4v) is 2.75. The number of aromatic nitrogens is 3. The summed E-state index contributed by atoms with van der Waals surface area (Å²) >= 11 is 5.32. The first-order valence-electron chi connectivity index (χ1n) is 6.61. The van der Waals surface area contributed by atoms with Gasteiger partial charge in [-0.2, -0.15) is 5.10 Å². The molecule has 1 heterocycles. The van der Waals surface area contributed by atoms with Gasteiger partial charge in [0, 0.05) is 12.0 Å². The minimum Gasteiger partial charge on any atom is -0.299 e. The molecule has 0 aliphatic heterocycles. The highest BCUT2D eigenvalue weighted by molar-refractivity contribution is 7.71. The molecule has 0 atom stereocenters. The monoisotopic (exact) mass is 275 g/mol. The van der Waals surface area contributed by atoms with Crippen LogP contribution in [0.5, 0.6) is 0 Å². The van der Waals surface area contributed by atoms with Crippen molar-refractivity contribution in [2.24, 2.45) is 0 Å². The van der Waals surface area contributed by atoms with E-state index in [0.29, 0.717) is 4.77 Å². The highest BCUT2D eigenvalue weighted by Gasteiger charge is 2.19. The number of aromatic amines is 1. The van der Waals surface area contributed by atoms with Crippen molar-refractivity contribution in [2.45, 2.75) is 46.1 Å². The van der Waals surface area contributed by atoms with Crippen molar-refractivity contribution in [3.63, 3.8) is 0 Å². The first-order valence-corrected chi connectivity index (χ1v) is 7.01. The van der Waals surface area contributed by atoms with E-state index in [0.717, 1.165) is 18.7 Å². The molecule has 0 saturated carbocycles.